The molecule has 0 atom stereocenters. The van der Waals surface area contributed by atoms with Crippen LogP contribution in [-0.4, -0.2) is 61.7 Å². The Hall–Kier alpha value is -3.22. The molecule has 7 nitrogen and oxygen atoms in total. The van der Waals surface area contributed by atoms with Crippen LogP contribution < -0.4 is 15.4 Å². The number of nitrogens with one attached hydrogen (secondary N) is 2. The number of para-hydroxylation sites is 1. The van der Waals surface area contributed by atoms with Gasteiger partial charge in [0.05, 0.1) is 13.1 Å². The van der Waals surface area contributed by atoms with Crippen LogP contribution in [0.25, 0.3) is 0 Å². The molecule has 2 aromatic rings. The molecule has 7 heteroatoms. The summed E-state index contributed by atoms with van der Waals surface area (Å²) in [7, 11) is 1.96. The van der Waals surface area contributed by atoms with Gasteiger partial charge in [-0.2, -0.15) is 0 Å². The maximum atomic E-state index is 12.1. The second-order valence-electron chi connectivity index (χ2n) is 6.57. The summed E-state index contributed by atoms with van der Waals surface area (Å²) in [6.07, 6.45) is 0. The first kappa shape index (κ1) is 22.1. The minimum atomic E-state index is -0.190. The summed E-state index contributed by atoms with van der Waals surface area (Å²) >= 11 is 0. The maximum absolute atomic E-state index is 12.1. The van der Waals surface area contributed by atoms with Crippen LogP contribution in [0.5, 0.6) is 11.5 Å². The molecule has 1 amide bonds. The Morgan fingerprint density at radius 2 is 1.86 bits per heavy atom. The van der Waals surface area contributed by atoms with E-state index in [1.807, 2.05) is 50.1 Å². The van der Waals surface area contributed by atoms with Crippen molar-refractivity contribution in [2.24, 2.45) is 4.99 Å². The highest BCUT2D eigenvalue weighted by Crippen LogP contribution is 2.15. The Morgan fingerprint density at radius 1 is 1.14 bits per heavy atom. The van der Waals surface area contributed by atoms with Crippen molar-refractivity contribution in [1.29, 1.82) is 0 Å². The molecule has 3 N–H and O–H groups in total. The Kier molecular flexibility index (Phi) is 8.82. The number of amides is 1. The highest BCUT2D eigenvalue weighted by Gasteiger charge is 2.07. The number of likely N-dealkylation sites (N-methyl/N-ethyl adjacent to an activating group) is 1. The predicted molar refractivity (Wildman–Crippen MR) is 116 cm³/mol. The van der Waals surface area contributed by atoms with Crippen molar-refractivity contribution < 1.29 is 14.6 Å². The van der Waals surface area contributed by atoms with E-state index in [0.29, 0.717) is 31.8 Å². The first-order valence-corrected chi connectivity index (χ1v) is 9.76. The number of carbonyl (C=O) groups is 1. The monoisotopic (exact) mass is 398 g/mol. The van der Waals surface area contributed by atoms with Gasteiger partial charge in [0, 0.05) is 25.7 Å². The van der Waals surface area contributed by atoms with E-state index in [9.17, 15) is 9.90 Å². The summed E-state index contributed by atoms with van der Waals surface area (Å²) in [5, 5.41) is 15.4. The number of rotatable bonds is 9. The lowest BCUT2D eigenvalue weighted by molar-refractivity contribution is 0.0955. The zero-order valence-corrected chi connectivity index (χ0v) is 17.3. The average molecular weight is 399 g/mol. The molecule has 0 aliphatic heterocycles. The normalized spacial score (nSPS) is 11.1. The van der Waals surface area contributed by atoms with Gasteiger partial charge in [0.1, 0.15) is 18.1 Å². The zero-order chi connectivity index (χ0) is 21.1. The van der Waals surface area contributed by atoms with Crippen molar-refractivity contribution in [3.63, 3.8) is 0 Å². The summed E-state index contributed by atoms with van der Waals surface area (Å²) in [6.45, 7) is 6.89. The summed E-state index contributed by atoms with van der Waals surface area (Å²) in [4.78, 5) is 18.6. The molecular formula is C22H30N4O3. The van der Waals surface area contributed by atoms with Crippen LogP contribution in [0.4, 0.5) is 0 Å². The average Bonchev–Trinajstić information content (AvgIpc) is 2.72. The van der Waals surface area contributed by atoms with Gasteiger partial charge in [-0.3, -0.25) is 9.79 Å². The zero-order valence-electron chi connectivity index (χ0n) is 17.3. The standard InChI is InChI=1S/C22H30N4O3/c1-4-23-22(26(3)15-16-29-20-8-6-5-7-17(20)2)25-14-13-24-21(28)18-9-11-19(27)12-10-18/h5-12,27H,4,13-16H2,1-3H3,(H,23,25)(H,24,28). The molecule has 0 saturated carbocycles. The molecule has 2 rings (SSSR count). The summed E-state index contributed by atoms with van der Waals surface area (Å²) < 4.78 is 5.85. The SMILES string of the molecule is CCNC(=NCCNC(=O)c1ccc(O)cc1)N(C)CCOc1ccccc1C. The molecule has 0 heterocycles. The number of benzene rings is 2. The van der Waals surface area contributed by atoms with Gasteiger partial charge in [0.25, 0.3) is 5.91 Å². The fourth-order valence-corrected chi connectivity index (χ4v) is 2.63. The second-order valence-corrected chi connectivity index (χ2v) is 6.57. The fraction of sp³-hybridized carbons (Fsp3) is 0.364. The third-order valence-electron chi connectivity index (χ3n) is 4.26. The van der Waals surface area contributed by atoms with E-state index >= 15 is 0 Å². The van der Waals surface area contributed by atoms with Crippen LogP contribution in [0, 0.1) is 6.92 Å². The first-order chi connectivity index (χ1) is 14.0. The number of aromatic hydroxyl groups is 1. The largest absolute Gasteiger partial charge is 0.508 e. The molecule has 0 aliphatic rings. The van der Waals surface area contributed by atoms with E-state index in [0.717, 1.165) is 23.8 Å². The highest BCUT2D eigenvalue weighted by molar-refractivity contribution is 5.94. The van der Waals surface area contributed by atoms with Gasteiger partial charge in [-0.15, -0.1) is 0 Å². The minimum Gasteiger partial charge on any atom is -0.508 e. The third kappa shape index (κ3) is 7.37. The number of phenols is 1. The van der Waals surface area contributed by atoms with Crippen LogP contribution in [0.2, 0.25) is 0 Å². The van der Waals surface area contributed by atoms with Gasteiger partial charge in [-0.05, 0) is 49.7 Å². The van der Waals surface area contributed by atoms with Crippen LogP contribution in [0.15, 0.2) is 53.5 Å². The van der Waals surface area contributed by atoms with Crippen LogP contribution in [0.3, 0.4) is 0 Å². The van der Waals surface area contributed by atoms with Crippen molar-refractivity contribution in [1.82, 2.24) is 15.5 Å². The van der Waals surface area contributed by atoms with E-state index in [2.05, 4.69) is 15.6 Å². The molecule has 0 bridgehead atoms. The highest BCUT2D eigenvalue weighted by atomic mass is 16.5. The van der Waals surface area contributed by atoms with Crippen molar-refractivity contribution in [2.45, 2.75) is 13.8 Å². The lowest BCUT2D eigenvalue weighted by Gasteiger charge is -2.22. The molecule has 0 radical (unpaired) electrons. The van der Waals surface area contributed by atoms with E-state index in [4.69, 9.17) is 4.74 Å². The first-order valence-electron chi connectivity index (χ1n) is 9.76. The molecule has 0 unspecified atom stereocenters. The summed E-state index contributed by atoms with van der Waals surface area (Å²) in [5.74, 6) is 1.60. The number of hydrogen-bond acceptors (Lipinski definition) is 4. The van der Waals surface area contributed by atoms with E-state index in [-0.39, 0.29) is 11.7 Å². The molecule has 29 heavy (non-hydrogen) atoms. The Balaban J connectivity index is 1.79. The summed E-state index contributed by atoms with van der Waals surface area (Å²) in [5.41, 5.74) is 1.62. The number of aryl methyl sites for hydroxylation is 1. The minimum absolute atomic E-state index is 0.135. The van der Waals surface area contributed by atoms with Gasteiger partial charge >= 0.3 is 0 Å². The quantitative estimate of drug-likeness (QED) is 0.343. The van der Waals surface area contributed by atoms with Crippen molar-refractivity contribution in [2.75, 3.05) is 39.8 Å². The number of aliphatic imine (C=N–C) groups is 1. The van der Waals surface area contributed by atoms with Gasteiger partial charge in [-0.1, -0.05) is 18.2 Å². The molecule has 0 fully saturated rings. The number of ether oxygens (including phenoxy) is 1. The Bertz CT molecular complexity index is 806. The number of carbonyl (C=O) groups excluding carboxylic acids is 1. The lowest BCUT2D eigenvalue weighted by atomic mass is 10.2. The van der Waals surface area contributed by atoms with Crippen molar-refractivity contribution >= 4 is 11.9 Å². The summed E-state index contributed by atoms with van der Waals surface area (Å²) in [6, 6.07) is 14.1. The maximum Gasteiger partial charge on any atom is 0.251 e. The van der Waals surface area contributed by atoms with Gasteiger partial charge in [0.15, 0.2) is 5.96 Å². The van der Waals surface area contributed by atoms with Gasteiger partial charge in [-0.25, -0.2) is 0 Å². The number of phenolic OH excluding ortho intramolecular Hbond substituents is 1. The van der Waals surface area contributed by atoms with E-state index < -0.39 is 0 Å². The van der Waals surface area contributed by atoms with Gasteiger partial charge < -0.3 is 25.4 Å². The molecule has 0 aromatic heterocycles. The van der Waals surface area contributed by atoms with Gasteiger partial charge in [0.2, 0.25) is 0 Å². The second kappa shape index (κ2) is 11.6. The van der Waals surface area contributed by atoms with Crippen molar-refractivity contribution in [3.05, 3.63) is 59.7 Å². The molecule has 2 aromatic carbocycles. The number of nitrogens with zero attached hydrogens (tertiary/aromatic N) is 2. The Morgan fingerprint density at radius 3 is 2.55 bits per heavy atom. The number of guanidine groups is 1. The molecular weight excluding hydrogens is 368 g/mol. The van der Waals surface area contributed by atoms with Crippen LogP contribution in [0.1, 0.15) is 22.8 Å². The predicted octanol–water partition coefficient (Wildman–Crippen LogP) is 2.41. The molecule has 156 valence electrons. The third-order valence-corrected chi connectivity index (χ3v) is 4.26. The molecule has 0 saturated heterocycles. The van der Waals surface area contributed by atoms with Crippen LogP contribution in [-0.2, 0) is 0 Å². The molecule has 0 aliphatic carbocycles. The van der Waals surface area contributed by atoms with Crippen molar-refractivity contribution in [3.8, 4) is 11.5 Å². The fourth-order valence-electron chi connectivity index (χ4n) is 2.63. The van der Waals surface area contributed by atoms with Crippen LogP contribution >= 0.6 is 0 Å². The van der Waals surface area contributed by atoms with E-state index in [1.54, 1.807) is 12.1 Å². The van der Waals surface area contributed by atoms with E-state index in [1.165, 1.54) is 12.1 Å². The Labute approximate surface area is 172 Å². The lowest BCUT2D eigenvalue weighted by Crippen LogP contribution is -2.41. The molecule has 0 spiro atoms. The number of hydrogen-bond donors (Lipinski definition) is 3. The topological polar surface area (TPSA) is 86.2 Å². The smallest absolute Gasteiger partial charge is 0.251 e.